The summed E-state index contributed by atoms with van der Waals surface area (Å²) in [5.41, 5.74) is 0. The molecule has 2 heterocycles. The van der Waals surface area contributed by atoms with Crippen molar-refractivity contribution in [1.29, 1.82) is 0 Å². The largest absolute Gasteiger partial charge is 0.484 e. The molecule has 10 heteroatoms. The maximum absolute atomic E-state index is 12.6. The van der Waals surface area contributed by atoms with E-state index < -0.39 is 22.0 Å². The van der Waals surface area contributed by atoms with Crippen molar-refractivity contribution >= 4 is 33.2 Å². The molecule has 3 rings (SSSR count). The minimum atomic E-state index is -3.51. The Morgan fingerprint density at radius 2 is 1.79 bits per heavy atom. The van der Waals surface area contributed by atoms with Gasteiger partial charge >= 0.3 is 0 Å². The molecule has 8 nitrogen and oxygen atoms in total. The number of nitrogens with one attached hydrogen (secondary N) is 1. The number of benzene rings is 1. The van der Waals surface area contributed by atoms with Gasteiger partial charge in [0.2, 0.25) is 5.91 Å². The second-order valence-corrected chi connectivity index (χ2v) is 9.66. The zero-order valence-corrected chi connectivity index (χ0v) is 17.6. The molecular formula is C19H23N3O5S2. The maximum Gasteiger partial charge on any atom is 0.258 e. The summed E-state index contributed by atoms with van der Waals surface area (Å²) in [6, 6.07) is 11.5. The van der Waals surface area contributed by atoms with E-state index in [1.165, 1.54) is 15.6 Å². The van der Waals surface area contributed by atoms with E-state index in [-0.39, 0.29) is 38.7 Å². The number of piperazine rings is 1. The number of para-hydroxylation sites is 1. The molecule has 2 aromatic rings. The van der Waals surface area contributed by atoms with E-state index in [4.69, 9.17) is 4.74 Å². The third kappa shape index (κ3) is 5.34. The van der Waals surface area contributed by atoms with E-state index in [0.29, 0.717) is 9.96 Å². The van der Waals surface area contributed by atoms with Crippen molar-refractivity contribution in [2.75, 3.05) is 32.8 Å². The monoisotopic (exact) mass is 437 g/mol. The highest BCUT2D eigenvalue weighted by Gasteiger charge is 2.32. The highest BCUT2D eigenvalue weighted by molar-refractivity contribution is 7.91. The molecule has 0 bridgehead atoms. The number of rotatable bonds is 7. The van der Waals surface area contributed by atoms with Crippen LogP contribution in [0.4, 0.5) is 0 Å². The van der Waals surface area contributed by atoms with Crippen LogP contribution >= 0.6 is 11.3 Å². The first-order valence-electron chi connectivity index (χ1n) is 9.17. The Morgan fingerprint density at radius 1 is 1.10 bits per heavy atom. The lowest BCUT2D eigenvalue weighted by molar-refractivity contribution is -0.137. The van der Waals surface area contributed by atoms with Gasteiger partial charge in [-0.05, 0) is 30.5 Å². The quantitative estimate of drug-likeness (QED) is 0.701. The lowest BCUT2D eigenvalue weighted by Gasteiger charge is -2.35. The molecular weight excluding hydrogens is 414 g/mol. The van der Waals surface area contributed by atoms with Crippen LogP contribution in [-0.2, 0) is 19.6 Å². The molecule has 1 aliphatic rings. The molecule has 0 unspecified atom stereocenters. The van der Waals surface area contributed by atoms with E-state index in [1.807, 2.05) is 6.07 Å². The number of carbonyl (C=O) groups excluding carboxylic acids is 2. The van der Waals surface area contributed by atoms with Crippen molar-refractivity contribution in [3.05, 3.63) is 47.8 Å². The van der Waals surface area contributed by atoms with Crippen molar-refractivity contribution in [2.45, 2.75) is 17.2 Å². The number of thiophene rings is 1. The molecule has 1 N–H and O–H groups in total. The molecule has 1 atom stereocenters. The van der Waals surface area contributed by atoms with Gasteiger partial charge in [0.15, 0.2) is 6.61 Å². The smallest absolute Gasteiger partial charge is 0.258 e. The van der Waals surface area contributed by atoms with Gasteiger partial charge in [0, 0.05) is 26.2 Å². The summed E-state index contributed by atoms with van der Waals surface area (Å²) in [5, 5.41) is 4.35. The first-order valence-corrected chi connectivity index (χ1v) is 11.5. The fourth-order valence-electron chi connectivity index (χ4n) is 2.97. The number of carbonyl (C=O) groups is 2. The van der Waals surface area contributed by atoms with Crippen molar-refractivity contribution in [3.63, 3.8) is 0 Å². The average molecular weight is 438 g/mol. The van der Waals surface area contributed by atoms with Crippen LogP contribution in [0, 0.1) is 0 Å². The number of hydrogen-bond acceptors (Lipinski definition) is 6. The molecule has 1 saturated heterocycles. The minimum Gasteiger partial charge on any atom is -0.484 e. The SMILES string of the molecule is C[C@H](NC(=O)COc1ccccc1)C(=O)N1CCN(S(=O)(=O)c2cccs2)CC1. The third-order valence-electron chi connectivity index (χ3n) is 4.50. The fraction of sp³-hybridized carbons (Fsp3) is 0.368. The number of sulfonamides is 1. The van der Waals surface area contributed by atoms with Crippen LogP contribution in [0.5, 0.6) is 5.75 Å². The van der Waals surface area contributed by atoms with Crippen LogP contribution < -0.4 is 10.1 Å². The summed E-state index contributed by atoms with van der Waals surface area (Å²) in [6.45, 7) is 2.44. The van der Waals surface area contributed by atoms with Crippen molar-refractivity contribution in [2.24, 2.45) is 0 Å². The zero-order chi connectivity index (χ0) is 20.9. The van der Waals surface area contributed by atoms with Gasteiger partial charge in [-0.2, -0.15) is 4.31 Å². The summed E-state index contributed by atoms with van der Waals surface area (Å²) in [4.78, 5) is 26.2. The molecule has 1 aromatic carbocycles. The Balaban J connectivity index is 1.46. The maximum atomic E-state index is 12.6. The topological polar surface area (TPSA) is 96.0 Å². The molecule has 0 spiro atoms. The first-order chi connectivity index (χ1) is 13.9. The highest BCUT2D eigenvalue weighted by atomic mass is 32.2. The standard InChI is InChI=1S/C19H23N3O5S2/c1-15(20-17(23)14-27-16-6-3-2-4-7-16)19(24)21-9-11-22(12-10-21)29(25,26)18-8-5-13-28-18/h2-8,13,15H,9-12,14H2,1H3,(H,20,23)/t15-/m0/s1. The molecule has 1 aliphatic heterocycles. The summed E-state index contributed by atoms with van der Waals surface area (Å²) in [6.07, 6.45) is 0. The van der Waals surface area contributed by atoms with E-state index in [1.54, 1.807) is 53.6 Å². The van der Waals surface area contributed by atoms with Gasteiger partial charge in [-0.1, -0.05) is 24.3 Å². The Labute approximate surface area is 174 Å². The second kappa shape index (κ2) is 9.38. The van der Waals surface area contributed by atoms with E-state index in [2.05, 4.69) is 5.32 Å². The van der Waals surface area contributed by atoms with Gasteiger partial charge in [-0.15, -0.1) is 11.3 Å². The lowest BCUT2D eigenvalue weighted by atomic mass is 10.2. The number of ether oxygens (including phenoxy) is 1. The lowest BCUT2D eigenvalue weighted by Crippen LogP contribution is -2.55. The van der Waals surface area contributed by atoms with Crippen LogP contribution in [-0.4, -0.2) is 68.3 Å². The summed E-state index contributed by atoms with van der Waals surface area (Å²) < 4.78 is 32.2. The van der Waals surface area contributed by atoms with Gasteiger partial charge in [-0.3, -0.25) is 9.59 Å². The van der Waals surface area contributed by atoms with Crippen molar-refractivity contribution in [1.82, 2.24) is 14.5 Å². The summed E-state index contributed by atoms with van der Waals surface area (Å²) in [7, 11) is -3.51. The van der Waals surface area contributed by atoms with E-state index in [0.717, 1.165) is 0 Å². The second-order valence-electron chi connectivity index (χ2n) is 6.55. The van der Waals surface area contributed by atoms with Crippen LogP contribution in [0.25, 0.3) is 0 Å². The molecule has 156 valence electrons. The van der Waals surface area contributed by atoms with Gasteiger partial charge in [0.1, 0.15) is 16.0 Å². The molecule has 2 amide bonds. The highest BCUT2D eigenvalue weighted by Crippen LogP contribution is 2.22. The third-order valence-corrected chi connectivity index (χ3v) is 7.77. The van der Waals surface area contributed by atoms with Crippen LogP contribution in [0.3, 0.4) is 0 Å². The Morgan fingerprint density at radius 3 is 2.41 bits per heavy atom. The predicted molar refractivity (Wildman–Crippen MR) is 109 cm³/mol. The van der Waals surface area contributed by atoms with Crippen LogP contribution in [0.1, 0.15) is 6.92 Å². The van der Waals surface area contributed by atoms with Crippen molar-refractivity contribution < 1.29 is 22.7 Å². The average Bonchev–Trinajstić information content (AvgIpc) is 3.28. The number of hydrogen-bond donors (Lipinski definition) is 1. The van der Waals surface area contributed by atoms with Gasteiger partial charge in [0.05, 0.1) is 0 Å². The van der Waals surface area contributed by atoms with Gasteiger partial charge in [-0.25, -0.2) is 8.42 Å². The Kier molecular flexibility index (Phi) is 6.88. The van der Waals surface area contributed by atoms with Gasteiger partial charge in [0.25, 0.3) is 15.9 Å². The number of nitrogens with zero attached hydrogens (tertiary/aromatic N) is 2. The molecule has 0 saturated carbocycles. The van der Waals surface area contributed by atoms with E-state index in [9.17, 15) is 18.0 Å². The summed E-state index contributed by atoms with van der Waals surface area (Å²) in [5.74, 6) is -0.0652. The molecule has 0 radical (unpaired) electrons. The van der Waals surface area contributed by atoms with E-state index >= 15 is 0 Å². The molecule has 1 aromatic heterocycles. The molecule has 0 aliphatic carbocycles. The van der Waals surface area contributed by atoms with Gasteiger partial charge < -0.3 is 15.0 Å². The van der Waals surface area contributed by atoms with Crippen LogP contribution in [0.2, 0.25) is 0 Å². The van der Waals surface area contributed by atoms with Crippen molar-refractivity contribution in [3.8, 4) is 5.75 Å². The molecule has 1 fully saturated rings. The predicted octanol–water partition coefficient (Wildman–Crippen LogP) is 1.16. The zero-order valence-electron chi connectivity index (χ0n) is 16.0. The number of amides is 2. The Hall–Kier alpha value is -2.43. The normalized spacial score (nSPS) is 16.2. The minimum absolute atomic E-state index is 0.186. The first kappa shape index (κ1) is 21.3. The molecule has 29 heavy (non-hydrogen) atoms. The summed E-state index contributed by atoms with van der Waals surface area (Å²) >= 11 is 1.18. The Bertz CT molecular complexity index is 924. The van der Waals surface area contributed by atoms with Crippen LogP contribution in [0.15, 0.2) is 52.1 Å². The fourth-order valence-corrected chi connectivity index (χ4v) is 5.54.